The third kappa shape index (κ3) is 6.40. The van der Waals surface area contributed by atoms with Crippen LogP contribution in [0.25, 0.3) is 11.1 Å². The lowest BCUT2D eigenvalue weighted by atomic mass is 9.84. The molecule has 8 heteroatoms. The molecule has 2 N–H and O–H groups in total. The van der Waals surface area contributed by atoms with Crippen molar-refractivity contribution < 1.29 is 24.0 Å². The summed E-state index contributed by atoms with van der Waals surface area (Å²) in [6, 6.07) is 6.37. The van der Waals surface area contributed by atoms with E-state index in [0.717, 1.165) is 22.4 Å². The first-order valence-electron chi connectivity index (χ1n) is 12.5. The second-order valence-corrected chi connectivity index (χ2v) is 11.9. The molecule has 0 bridgehead atoms. The van der Waals surface area contributed by atoms with Gasteiger partial charge in [-0.1, -0.05) is 71.0 Å². The Kier molecular flexibility index (Phi) is 8.08. The van der Waals surface area contributed by atoms with E-state index in [1.165, 1.54) is 4.90 Å². The minimum atomic E-state index is -0.807. The summed E-state index contributed by atoms with van der Waals surface area (Å²) in [5, 5.41) is 17.1. The fourth-order valence-corrected chi connectivity index (χ4v) is 4.38. The van der Waals surface area contributed by atoms with Crippen molar-refractivity contribution in [2.75, 3.05) is 6.54 Å². The molecule has 196 valence electrons. The van der Waals surface area contributed by atoms with E-state index in [1.807, 2.05) is 52.0 Å². The third-order valence-corrected chi connectivity index (χ3v) is 6.68. The number of carbonyl (C=O) groups excluding carboxylic acids is 3. The molecule has 3 unspecified atom stereocenters. The molecule has 2 heterocycles. The Morgan fingerprint density at radius 3 is 2.31 bits per heavy atom. The van der Waals surface area contributed by atoms with Gasteiger partial charge in [0.2, 0.25) is 11.8 Å². The zero-order valence-corrected chi connectivity index (χ0v) is 22.4. The molecule has 1 aliphatic rings. The molecule has 1 aromatic heterocycles. The average Bonchev–Trinajstić information content (AvgIpc) is 3.39. The number of nitrogens with zero attached hydrogens (tertiary/aromatic N) is 2. The fourth-order valence-electron chi connectivity index (χ4n) is 4.38. The van der Waals surface area contributed by atoms with Gasteiger partial charge in [0.15, 0.2) is 5.78 Å². The zero-order valence-electron chi connectivity index (χ0n) is 22.4. The first-order chi connectivity index (χ1) is 16.7. The summed E-state index contributed by atoms with van der Waals surface area (Å²) in [6.07, 6.45) is 1.83. The molecular formula is C28H39N3O5. The van der Waals surface area contributed by atoms with Crippen LogP contribution in [0.5, 0.6) is 0 Å². The van der Waals surface area contributed by atoms with Gasteiger partial charge < -0.3 is 19.8 Å². The summed E-state index contributed by atoms with van der Waals surface area (Å²) in [5.41, 5.74) is 2.51. The highest BCUT2D eigenvalue weighted by molar-refractivity contribution is 5.94. The number of ketones is 1. The number of aliphatic hydroxyl groups is 1. The molecule has 36 heavy (non-hydrogen) atoms. The van der Waals surface area contributed by atoms with Crippen LogP contribution in [0.4, 0.5) is 0 Å². The Balaban J connectivity index is 1.69. The molecule has 2 amide bonds. The molecular weight excluding hydrogens is 458 g/mol. The van der Waals surface area contributed by atoms with Crippen molar-refractivity contribution in [3.8, 4) is 11.1 Å². The first kappa shape index (κ1) is 27.6. The van der Waals surface area contributed by atoms with E-state index in [1.54, 1.807) is 27.0 Å². The molecule has 1 saturated heterocycles. The van der Waals surface area contributed by atoms with Crippen molar-refractivity contribution in [1.29, 1.82) is 0 Å². The summed E-state index contributed by atoms with van der Waals surface area (Å²) < 4.78 is 5.01. The van der Waals surface area contributed by atoms with E-state index < -0.39 is 29.0 Å². The van der Waals surface area contributed by atoms with Gasteiger partial charge in [-0.05, 0) is 29.9 Å². The Morgan fingerprint density at radius 1 is 1.14 bits per heavy atom. The maximum Gasteiger partial charge on any atom is 0.246 e. The van der Waals surface area contributed by atoms with Gasteiger partial charge in [-0.2, -0.15) is 0 Å². The van der Waals surface area contributed by atoms with E-state index in [2.05, 4.69) is 10.5 Å². The number of aryl methyl sites for hydroxylation is 2. The van der Waals surface area contributed by atoms with Gasteiger partial charge >= 0.3 is 0 Å². The van der Waals surface area contributed by atoms with Gasteiger partial charge in [-0.15, -0.1) is 0 Å². The molecule has 1 fully saturated rings. The second-order valence-electron chi connectivity index (χ2n) is 11.9. The summed E-state index contributed by atoms with van der Waals surface area (Å²) in [7, 11) is 0. The minimum absolute atomic E-state index is 0.0833. The van der Waals surface area contributed by atoms with Gasteiger partial charge in [0.25, 0.3) is 0 Å². The molecule has 0 saturated carbocycles. The molecule has 3 rings (SSSR count). The predicted octanol–water partition coefficient (Wildman–Crippen LogP) is 3.69. The molecule has 0 radical (unpaired) electrons. The monoisotopic (exact) mass is 497 g/mol. The number of β-amino-alcohol motifs (C(OH)–C–C–N with tert-alkyl or cyclic N) is 1. The van der Waals surface area contributed by atoms with Gasteiger partial charge in [-0.25, -0.2) is 0 Å². The molecule has 0 spiro atoms. The normalized spacial score (nSPS) is 19.3. The van der Waals surface area contributed by atoms with Crippen LogP contribution in [-0.2, 0) is 20.8 Å². The van der Waals surface area contributed by atoms with Crippen LogP contribution >= 0.6 is 0 Å². The van der Waals surface area contributed by atoms with E-state index in [4.69, 9.17) is 4.52 Å². The van der Waals surface area contributed by atoms with Crippen LogP contribution in [-0.4, -0.2) is 57.5 Å². The molecule has 8 nitrogen and oxygen atoms in total. The third-order valence-electron chi connectivity index (χ3n) is 6.68. The van der Waals surface area contributed by atoms with E-state index in [0.29, 0.717) is 6.42 Å². The van der Waals surface area contributed by atoms with Crippen molar-refractivity contribution >= 4 is 17.6 Å². The van der Waals surface area contributed by atoms with E-state index in [-0.39, 0.29) is 37.0 Å². The number of nitrogens with one attached hydrogen (secondary N) is 1. The Hall–Kier alpha value is -3.00. The summed E-state index contributed by atoms with van der Waals surface area (Å²) in [6.45, 7) is 13.0. The predicted molar refractivity (Wildman–Crippen MR) is 137 cm³/mol. The summed E-state index contributed by atoms with van der Waals surface area (Å²) in [5.74, 6) is -0.652. The maximum atomic E-state index is 13.6. The van der Waals surface area contributed by atoms with Crippen LogP contribution in [0.1, 0.15) is 65.6 Å². The number of benzene rings is 1. The Morgan fingerprint density at radius 2 is 1.78 bits per heavy atom. The van der Waals surface area contributed by atoms with E-state index >= 15 is 0 Å². The number of likely N-dealkylation sites (tertiary alicyclic amines) is 1. The maximum absolute atomic E-state index is 13.6. The van der Waals surface area contributed by atoms with Gasteiger partial charge in [0.05, 0.1) is 17.8 Å². The van der Waals surface area contributed by atoms with Crippen molar-refractivity contribution in [3.63, 3.8) is 0 Å². The summed E-state index contributed by atoms with van der Waals surface area (Å²) in [4.78, 5) is 41.0. The van der Waals surface area contributed by atoms with Crippen molar-refractivity contribution in [3.05, 3.63) is 41.8 Å². The number of carbonyl (C=O) groups is 3. The largest absolute Gasteiger partial charge is 0.391 e. The van der Waals surface area contributed by atoms with Crippen LogP contribution in [0.15, 0.2) is 35.1 Å². The van der Waals surface area contributed by atoms with Crippen molar-refractivity contribution in [2.24, 2.45) is 10.8 Å². The molecule has 0 aliphatic carbocycles. The van der Waals surface area contributed by atoms with Gasteiger partial charge in [0, 0.05) is 30.4 Å². The zero-order chi connectivity index (χ0) is 26.8. The van der Waals surface area contributed by atoms with Crippen LogP contribution in [0.3, 0.4) is 0 Å². The lowest BCUT2D eigenvalue weighted by molar-refractivity contribution is -0.144. The van der Waals surface area contributed by atoms with Gasteiger partial charge in [0.1, 0.15) is 12.3 Å². The highest BCUT2D eigenvalue weighted by Crippen LogP contribution is 2.28. The smallest absolute Gasteiger partial charge is 0.246 e. The molecule has 1 aromatic carbocycles. The Labute approximate surface area is 213 Å². The molecule has 1 aliphatic heterocycles. The quantitative estimate of drug-likeness (QED) is 0.603. The lowest BCUT2D eigenvalue weighted by Gasteiger charge is -2.36. The van der Waals surface area contributed by atoms with Crippen LogP contribution < -0.4 is 5.32 Å². The highest BCUT2D eigenvalue weighted by Gasteiger charge is 2.44. The number of aliphatic hydroxyl groups excluding tert-OH is 1. The minimum Gasteiger partial charge on any atom is -0.391 e. The van der Waals surface area contributed by atoms with E-state index in [9.17, 15) is 19.5 Å². The Bertz CT molecular complexity index is 1090. The average molecular weight is 498 g/mol. The van der Waals surface area contributed by atoms with Crippen LogP contribution in [0, 0.1) is 17.8 Å². The summed E-state index contributed by atoms with van der Waals surface area (Å²) >= 11 is 0. The number of hydrogen-bond donors (Lipinski definition) is 2. The van der Waals surface area contributed by atoms with Crippen molar-refractivity contribution in [1.82, 2.24) is 15.4 Å². The number of aromatic nitrogens is 1. The first-order valence-corrected chi connectivity index (χ1v) is 12.5. The second kappa shape index (κ2) is 10.5. The number of hydrogen-bond acceptors (Lipinski definition) is 6. The highest BCUT2D eigenvalue weighted by atomic mass is 16.5. The topological polar surface area (TPSA) is 113 Å². The SMILES string of the molecule is Cc1nocc1-c1ccc(CCC(=O)C2CC(O)CN2C(=O)C(NC(=O)C(C)(C)C)C(C)(C)C)cc1. The fraction of sp³-hybridized carbons (Fsp3) is 0.571. The lowest BCUT2D eigenvalue weighted by Crippen LogP contribution is -2.58. The number of amides is 2. The van der Waals surface area contributed by atoms with Crippen LogP contribution in [0.2, 0.25) is 0 Å². The molecule has 3 atom stereocenters. The van der Waals surface area contributed by atoms with Gasteiger partial charge in [-0.3, -0.25) is 14.4 Å². The standard InChI is InChI=1S/C28H39N3O5/c1-17-21(16-36-30-17)19-11-8-18(9-12-19)10-13-23(33)22-14-20(32)15-31(22)25(34)24(27(2,3)4)29-26(35)28(5,6)7/h8-9,11-12,16,20,22,24,32H,10,13-15H2,1-7H3,(H,29,35). The number of rotatable bonds is 7. The van der Waals surface area contributed by atoms with Crippen molar-refractivity contribution in [2.45, 2.75) is 85.9 Å². The molecule has 2 aromatic rings. The number of Topliss-reactive ketones (excluding diaryl/α,β-unsaturated/α-hetero) is 1.